The molecule has 0 spiro atoms. The Bertz CT molecular complexity index is 793. The fourth-order valence-corrected chi connectivity index (χ4v) is 1.98. The van der Waals surface area contributed by atoms with Gasteiger partial charge in [-0.25, -0.2) is 9.18 Å². The molecule has 0 radical (unpaired) electrons. The van der Waals surface area contributed by atoms with Crippen LogP contribution in [-0.2, 0) is 0 Å². The van der Waals surface area contributed by atoms with Crippen molar-refractivity contribution in [2.45, 2.75) is 0 Å². The smallest absolute Gasteiger partial charge is 0.335 e. The SMILES string of the molecule is O=C(O)c1ccc(-c2cc(-c3ccccc3F)on2)cc1. The Morgan fingerprint density at radius 3 is 2.48 bits per heavy atom. The number of aromatic nitrogens is 1. The number of halogens is 1. The Morgan fingerprint density at radius 2 is 1.81 bits per heavy atom. The normalized spacial score (nSPS) is 10.5. The van der Waals surface area contributed by atoms with Crippen LogP contribution < -0.4 is 0 Å². The minimum absolute atomic E-state index is 0.191. The van der Waals surface area contributed by atoms with Gasteiger partial charge < -0.3 is 9.63 Å². The summed E-state index contributed by atoms with van der Waals surface area (Å²) in [4.78, 5) is 10.8. The Kier molecular flexibility index (Phi) is 3.23. The van der Waals surface area contributed by atoms with Gasteiger partial charge >= 0.3 is 5.97 Å². The molecule has 3 rings (SSSR count). The van der Waals surface area contributed by atoms with Crippen molar-refractivity contribution < 1.29 is 18.8 Å². The Morgan fingerprint density at radius 1 is 1.10 bits per heavy atom. The molecule has 0 atom stereocenters. The molecule has 0 saturated heterocycles. The monoisotopic (exact) mass is 283 g/mol. The lowest BCUT2D eigenvalue weighted by atomic mass is 10.1. The zero-order chi connectivity index (χ0) is 14.8. The van der Waals surface area contributed by atoms with Gasteiger partial charge in [-0.15, -0.1) is 0 Å². The van der Waals surface area contributed by atoms with Gasteiger partial charge in [0.15, 0.2) is 5.76 Å². The largest absolute Gasteiger partial charge is 0.478 e. The topological polar surface area (TPSA) is 63.3 Å². The lowest BCUT2D eigenvalue weighted by Crippen LogP contribution is -1.94. The highest BCUT2D eigenvalue weighted by atomic mass is 19.1. The molecule has 5 heteroatoms. The molecule has 0 fully saturated rings. The number of benzene rings is 2. The maximum atomic E-state index is 13.7. The first-order valence-corrected chi connectivity index (χ1v) is 6.20. The molecule has 0 amide bonds. The van der Waals surface area contributed by atoms with E-state index in [1.54, 1.807) is 36.4 Å². The Hall–Kier alpha value is -2.95. The van der Waals surface area contributed by atoms with E-state index in [2.05, 4.69) is 5.16 Å². The van der Waals surface area contributed by atoms with Crippen LogP contribution in [-0.4, -0.2) is 16.2 Å². The van der Waals surface area contributed by atoms with E-state index in [1.807, 2.05) is 0 Å². The van der Waals surface area contributed by atoms with Gasteiger partial charge in [-0.3, -0.25) is 0 Å². The summed E-state index contributed by atoms with van der Waals surface area (Å²) in [5.74, 6) is -1.06. The molecule has 0 aliphatic rings. The second-order valence-corrected chi connectivity index (χ2v) is 4.44. The van der Waals surface area contributed by atoms with E-state index in [0.717, 1.165) is 0 Å². The summed E-state index contributed by atoms with van der Waals surface area (Å²) in [6, 6.07) is 14.1. The third-order valence-electron chi connectivity index (χ3n) is 3.08. The van der Waals surface area contributed by atoms with Crippen molar-refractivity contribution in [3.63, 3.8) is 0 Å². The molecule has 3 aromatic rings. The van der Waals surface area contributed by atoms with E-state index in [-0.39, 0.29) is 11.4 Å². The average Bonchev–Trinajstić information content (AvgIpc) is 2.97. The van der Waals surface area contributed by atoms with Gasteiger partial charge in [0.25, 0.3) is 0 Å². The fourth-order valence-electron chi connectivity index (χ4n) is 1.98. The first kappa shape index (κ1) is 13.1. The minimum Gasteiger partial charge on any atom is -0.478 e. The van der Waals surface area contributed by atoms with Crippen molar-refractivity contribution >= 4 is 5.97 Å². The molecule has 1 N–H and O–H groups in total. The molecule has 104 valence electrons. The first-order chi connectivity index (χ1) is 10.1. The van der Waals surface area contributed by atoms with Gasteiger partial charge in [0.2, 0.25) is 0 Å². The zero-order valence-corrected chi connectivity index (χ0v) is 10.8. The van der Waals surface area contributed by atoms with Crippen LogP contribution >= 0.6 is 0 Å². The van der Waals surface area contributed by atoms with Crippen molar-refractivity contribution in [3.05, 3.63) is 66.0 Å². The van der Waals surface area contributed by atoms with Crippen LogP contribution in [0.15, 0.2) is 59.1 Å². The molecule has 21 heavy (non-hydrogen) atoms. The molecule has 0 bridgehead atoms. The Labute approximate surface area is 119 Å². The Balaban J connectivity index is 1.95. The van der Waals surface area contributed by atoms with Crippen LogP contribution in [0.3, 0.4) is 0 Å². The summed E-state index contributed by atoms with van der Waals surface area (Å²) < 4.78 is 18.8. The van der Waals surface area contributed by atoms with Gasteiger partial charge in [0, 0.05) is 11.6 Å². The van der Waals surface area contributed by atoms with Gasteiger partial charge in [-0.2, -0.15) is 0 Å². The summed E-state index contributed by atoms with van der Waals surface area (Å²) in [6.45, 7) is 0. The maximum Gasteiger partial charge on any atom is 0.335 e. The van der Waals surface area contributed by atoms with Gasteiger partial charge in [-0.1, -0.05) is 29.4 Å². The van der Waals surface area contributed by atoms with Crippen molar-refractivity contribution in [1.82, 2.24) is 5.16 Å². The average molecular weight is 283 g/mol. The molecular weight excluding hydrogens is 273 g/mol. The molecule has 4 nitrogen and oxygen atoms in total. The van der Waals surface area contributed by atoms with Crippen LogP contribution in [0.2, 0.25) is 0 Å². The fraction of sp³-hybridized carbons (Fsp3) is 0. The second kappa shape index (κ2) is 5.20. The van der Waals surface area contributed by atoms with E-state index in [9.17, 15) is 9.18 Å². The summed E-state index contributed by atoms with van der Waals surface area (Å²) in [5, 5.41) is 12.7. The zero-order valence-electron chi connectivity index (χ0n) is 10.8. The molecule has 0 saturated carbocycles. The molecule has 0 aliphatic carbocycles. The number of carboxylic acids is 1. The lowest BCUT2D eigenvalue weighted by Gasteiger charge is -1.97. The maximum absolute atomic E-state index is 13.7. The van der Waals surface area contributed by atoms with Crippen molar-refractivity contribution in [2.24, 2.45) is 0 Å². The van der Waals surface area contributed by atoms with E-state index in [4.69, 9.17) is 9.63 Å². The highest BCUT2D eigenvalue weighted by Gasteiger charge is 2.12. The van der Waals surface area contributed by atoms with E-state index >= 15 is 0 Å². The molecule has 0 aliphatic heterocycles. The van der Waals surface area contributed by atoms with E-state index in [1.165, 1.54) is 18.2 Å². The molecule has 0 unspecified atom stereocenters. The molecule has 1 heterocycles. The predicted molar refractivity (Wildman–Crippen MR) is 74.3 cm³/mol. The van der Waals surface area contributed by atoms with Crippen LogP contribution in [0.25, 0.3) is 22.6 Å². The summed E-state index contributed by atoms with van der Waals surface area (Å²) in [6.07, 6.45) is 0. The summed E-state index contributed by atoms with van der Waals surface area (Å²) >= 11 is 0. The van der Waals surface area contributed by atoms with Gasteiger partial charge in [0.1, 0.15) is 11.5 Å². The summed E-state index contributed by atoms with van der Waals surface area (Å²) in [7, 11) is 0. The molecular formula is C16H10FNO3. The van der Waals surface area contributed by atoms with Crippen molar-refractivity contribution in [3.8, 4) is 22.6 Å². The van der Waals surface area contributed by atoms with Crippen LogP contribution in [0.4, 0.5) is 4.39 Å². The van der Waals surface area contributed by atoms with E-state index in [0.29, 0.717) is 22.6 Å². The third-order valence-corrected chi connectivity index (χ3v) is 3.08. The third kappa shape index (κ3) is 2.53. The number of hydrogen-bond acceptors (Lipinski definition) is 3. The number of nitrogens with zero attached hydrogens (tertiary/aromatic N) is 1. The van der Waals surface area contributed by atoms with Gasteiger partial charge in [0.05, 0.1) is 11.1 Å². The van der Waals surface area contributed by atoms with Crippen LogP contribution in [0, 0.1) is 5.82 Å². The van der Waals surface area contributed by atoms with Crippen LogP contribution in [0.1, 0.15) is 10.4 Å². The number of carboxylic acid groups (broad SMARTS) is 1. The predicted octanol–water partition coefficient (Wildman–Crippen LogP) is 3.85. The molecule has 1 aromatic heterocycles. The number of rotatable bonds is 3. The number of aromatic carboxylic acids is 1. The van der Waals surface area contributed by atoms with Gasteiger partial charge in [-0.05, 0) is 24.3 Å². The van der Waals surface area contributed by atoms with Crippen LogP contribution in [0.5, 0.6) is 0 Å². The standard InChI is InChI=1S/C16H10FNO3/c17-13-4-2-1-3-12(13)15-9-14(18-21-15)10-5-7-11(8-6-10)16(19)20/h1-9H,(H,19,20). The number of hydrogen-bond donors (Lipinski definition) is 1. The van der Waals surface area contributed by atoms with Crippen molar-refractivity contribution in [1.29, 1.82) is 0 Å². The quantitative estimate of drug-likeness (QED) is 0.793. The second-order valence-electron chi connectivity index (χ2n) is 4.44. The number of carbonyl (C=O) groups is 1. The summed E-state index contributed by atoms with van der Waals surface area (Å²) in [5.41, 5.74) is 1.74. The first-order valence-electron chi connectivity index (χ1n) is 6.20. The highest BCUT2D eigenvalue weighted by Crippen LogP contribution is 2.27. The van der Waals surface area contributed by atoms with Crippen molar-refractivity contribution in [2.75, 3.05) is 0 Å². The minimum atomic E-state index is -0.992. The molecule has 2 aromatic carbocycles. The highest BCUT2D eigenvalue weighted by molar-refractivity contribution is 5.88. The van der Waals surface area contributed by atoms with E-state index < -0.39 is 5.97 Å². The lowest BCUT2D eigenvalue weighted by molar-refractivity contribution is 0.0697.